The number of imidazole rings is 1. The Morgan fingerprint density at radius 3 is 3.00 bits per heavy atom. The number of ether oxygens (including phenoxy) is 1. The van der Waals surface area contributed by atoms with Gasteiger partial charge in [0.1, 0.15) is 5.82 Å². The second-order valence-electron chi connectivity index (χ2n) is 5.84. The smallest absolute Gasteiger partial charge is 0.409 e. The van der Waals surface area contributed by atoms with E-state index in [0.717, 1.165) is 18.7 Å². The van der Waals surface area contributed by atoms with Gasteiger partial charge in [-0.1, -0.05) is 5.57 Å². The van der Waals surface area contributed by atoms with Crippen molar-refractivity contribution >= 4 is 35.3 Å². The lowest BCUT2D eigenvalue weighted by molar-refractivity contribution is 0.104. The third-order valence-electron chi connectivity index (χ3n) is 4.49. The topological polar surface area (TPSA) is 47.4 Å². The van der Waals surface area contributed by atoms with Crippen LogP contribution in [0.3, 0.4) is 0 Å². The van der Waals surface area contributed by atoms with E-state index >= 15 is 0 Å². The average molecular weight is 341 g/mol. The number of amides is 1. The van der Waals surface area contributed by atoms with Crippen molar-refractivity contribution in [3.8, 4) is 0 Å². The maximum atomic E-state index is 11.9. The number of rotatable bonds is 1. The van der Waals surface area contributed by atoms with E-state index in [9.17, 15) is 4.79 Å². The van der Waals surface area contributed by atoms with Crippen LogP contribution >= 0.6 is 11.3 Å². The van der Waals surface area contributed by atoms with Crippen molar-refractivity contribution < 1.29 is 9.53 Å². The van der Waals surface area contributed by atoms with Crippen LogP contribution in [0.25, 0.3) is 17.8 Å². The van der Waals surface area contributed by atoms with Crippen molar-refractivity contribution in [2.45, 2.75) is 19.8 Å². The van der Waals surface area contributed by atoms with Crippen LogP contribution in [0.4, 0.5) is 4.79 Å². The first kappa shape index (κ1) is 15.2. The molecule has 6 heteroatoms. The van der Waals surface area contributed by atoms with Gasteiger partial charge in [-0.15, -0.1) is 11.3 Å². The number of aromatic nitrogens is 2. The van der Waals surface area contributed by atoms with E-state index in [1.54, 1.807) is 16.2 Å². The maximum absolute atomic E-state index is 11.9. The summed E-state index contributed by atoms with van der Waals surface area (Å²) < 4.78 is 7.19. The van der Waals surface area contributed by atoms with Gasteiger partial charge in [0.05, 0.1) is 6.61 Å². The molecule has 0 aromatic carbocycles. The molecule has 0 aliphatic carbocycles. The summed E-state index contributed by atoms with van der Waals surface area (Å²) >= 11 is 1.75. The second kappa shape index (κ2) is 6.28. The molecule has 1 saturated heterocycles. The first-order chi connectivity index (χ1) is 11.8. The van der Waals surface area contributed by atoms with Crippen LogP contribution in [0, 0.1) is 0 Å². The lowest BCUT2D eigenvalue weighted by atomic mass is 9.93. The van der Waals surface area contributed by atoms with Crippen LogP contribution in [-0.2, 0) is 4.74 Å². The van der Waals surface area contributed by atoms with Gasteiger partial charge in [-0.2, -0.15) is 0 Å². The molecule has 0 radical (unpaired) electrons. The van der Waals surface area contributed by atoms with Crippen LogP contribution < -0.4 is 0 Å². The SMILES string of the molecule is CCOC(=O)N1CCC(=C2c3ccsc3C=Cn3ccnc32)CC1. The maximum Gasteiger partial charge on any atom is 0.409 e. The molecule has 0 atom stereocenters. The number of carbonyl (C=O) groups excluding carboxylic acids is 1. The molecule has 2 aliphatic heterocycles. The number of piperidine rings is 1. The Balaban J connectivity index is 1.69. The third kappa shape index (κ3) is 2.57. The molecular formula is C18H19N3O2S. The molecule has 24 heavy (non-hydrogen) atoms. The Morgan fingerprint density at radius 1 is 1.38 bits per heavy atom. The van der Waals surface area contributed by atoms with Crippen molar-refractivity contribution in [1.29, 1.82) is 0 Å². The molecule has 1 amide bonds. The lowest BCUT2D eigenvalue weighted by Gasteiger charge is -2.29. The van der Waals surface area contributed by atoms with Crippen LogP contribution in [0.5, 0.6) is 0 Å². The molecular weight excluding hydrogens is 322 g/mol. The summed E-state index contributed by atoms with van der Waals surface area (Å²) in [6.45, 7) is 3.66. The number of likely N-dealkylation sites (tertiary alicyclic amines) is 1. The first-order valence-electron chi connectivity index (χ1n) is 8.21. The minimum atomic E-state index is -0.207. The van der Waals surface area contributed by atoms with Crippen LogP contribution in [0.2, 0.25) is 0 Å². The highest BCUT2D eigenvalue weighted by Crippen LogP contribution is 2.37. The molecule has 1 fully saturated rings. The third-order valence-corrected chi connectivity index (χ3v) is 5.37. The number of hydrogen-bond acceptors (Lipinski definition) is 4. The predicted octanol–water partition coefficient (Wildman–Crippen LogP) is 3.94. The fraction of sp³-hybridized carbons (Fsp3) is 0.333. The number of carbonyl (C=O) groups is 1. The monoisotopic (exact) mass is 341 g/mol. The van der Waals surface area contributed by atoms with Gasteiger partial charge in [-0.25, -0.2) is 9.78 Å². The van der Waals surface area contributed by atoms with Crippen molar-refractivity contribution in [2.75, 3.05) is 19.7 Å². The van der Waals surface area contributed by atoms with Crippen molar-refractivity contribution in [3.63, 3.8) is 0 Å². The van der Waals surface area contributed by atoms with Crippen LogP contribution in [0.1, 0.15) is 36.0 Å². The summed E-state index contributed by atoms with van der Waals surface area (Å²) in [5, 5.41) is 2.13. The van der Waals surface area contributed by atoms with Gasteiger partial charge in [0.15, 0.2) is 0 Å². The number of nitrogens with zero attached hydrogens (tertiary/aromatic N) is 3. The number of thiophene rings is 1. The van der Waals surface area contributed by atoms with Crippen LogP contribution in [0.15, 0.2) is 29.4 Å². The Labute approximate surface area is 144 Å². The molecule has 0 N–H and O–H groups in total. The molecule has 2 aromatic rings. The van der Waals surface area contributed by atoms with E-state index in [1.807, 2.05) is 19.3 Å². The molecule has 0 saturated carbocycles. The molecule has 5 nitrogen and oxygen atoms in total. The van der Waals surface area contributed by atoms with Crippen molar-refractivity contribution in [2.24, 2.45) is 0 Å². The van der Waals surface area contributed by atoms with Crippen molar-refractivity contribution in [1.82, 2.24) is 14.5 Å². The molecule has 2 aliphatic rings. The average Bonchev–Trinajstić information content (AvgIpc) is 3.22. The van der Waals surface area contributed by atoms with Crippen molar-refractivity contribution in [3.05, 3.63) is 45.7 Å². The largest absolute Gasteiger partial charge is 0.450 e. The summed E-state index contributed by atoms with van der Waals surface area (Å²) in [4.78, 5) is 19.6. The summed E-state index contributed by atoms with van der Waals surface area (Å²) in [6, 6.07) is 2.18. The fourth-order valence-corrected chi connectivity index (χ4v) is 4.11. The molecule has 2 aromatic heterocycles. The Hall–Kier alpha value is -2.34. The quantitative estimate of drug-likeness (QED) is 0.673. The predicted molar refractivity (Wildman–Crippen MR) is 95.6 cm³/mol. The molecule has 4 rings (SSSR count). The Kier molecular flexibility index (Phi) is 3.98. The zero-order chi connectivity index (χ0) is 16.5. The van der Waals surface area contributed by atoms with Gasteiger partial charge < -0.3 is 14.2 Å². The van der Waals surface area contributed by atoms with Gasteiger partial charge in [0.2, 0.25) is 0 Å². The molecule has 0 bridgehead atoms. The van der Waals surface area contributed by atoms with E-state index < -0.39 is 0 Å². The minimum absolute atomic E-state index is 0.207. The molecule has 0 unspecified atom stereocenters. The van der Waals surface area contributed by atoms with E-state index in [1.165, 1.54) is 21.6 Å². The summed E-state index contributed by atoms with van der Waals surface area (Å²) in [5.41, 5.74) is 3.84. The number of fused-ring (bicyclic) bond motifs is 2. The van der Waals surface area contributed by atoms with Crippen LogP contribution in [-0.4, -0.2) is 40.2 Å². The fourth-order valence-electron chi connectivity index (χ4n) is 3.32. The zero-order valence-electron chi connectivity index (χ0n) is 13.6. The highest BCUT2D eigenvalue weighted by Gasteiger charge is 2.26. The van der Waals surface area contributed by atoms with Gasteiger partial charge >= 0.3 is 6.09 Å². The van der Waals surface area contributed by atoms with Gasteiger partial charge in [-0.05, 0) is 37.3 Å². The minimum Gasteiger partial charge on any atom is -0.450 e. The van der Waals surface area contributed by atoms with E-state index in [2.05, 4.69) is 33.3 Å². The van der Waals surface area contributed by atoms with Gasteiger partial charge in [0, 0.05) is 47.7 Å². The lowest BCUT2D eigenvalue weighted by Crippen LogP contribution is -2.37. The van der Waals surface area contributed by atoms with E-state index in [-0.39, 0.29) is 6.09 Å². The summed E-state index contributed by atoms with van der Waals surface area (Å²) in [6.07, 6.45) is 9.54. The molecule has 0 spiro atoms. The molecule has 124 valence electrons. The second-order valence-corrected chi connectivity index (χ2v) is 6.78. The highest BCUT2D eigenvalue weighted by molar-refractivity contribution is 7.11. The van der Waals surface area contributed by atoms with E-state index in [0.29, 0.717) is 19.7 Å². The standard InChI is InChI=1S/C18H19N3O2S/c1-2-23-18(22)21-8-3-13(4-9-21)16-14-6-12-24-15(14)5-10-20-11-7-19-17(16)20/h5-7,10-12H,2-4,8-9H2,1H3. The summed E-state index contributed by atoms with van der Waals surface area (Å²) in [5.74, 6) is 0.989. The Morgan fingerprint density at radius 2 is 2.21 bits per heavy atom. The summed E-state index contributed by atoms with van der Waals surface area (Å²) in [7, 11) is 0. The Bertz CT molecular complexity index is 775. The van der Waals surface area contributed by atoms with Gasteiger partial charge in [-0.3, -0.25) is 0 Å². The highest BCUT2D eigenvalue weighted by atomic mass is 32.1. The van der Waals surface area contributed by atoms with Gasteiger partial charge in [0.25, 0.3) is 0 Å². The first-order valence-corrected chi connectivity index (χ1v) is 9.09. The van der Waals surface area contributed by atoms with E-state index in [4.69, 9.17) is 4.74 Å². The molecule has 4 heterocycles. The zero-order valence-corrected chi connectivity index (χ0v) is 14.4. The number of hydrogen-bond donors (Lipinski definition) is 0. The normalized spacial score (nSPS) is 16.6.